The second kappa shape index (κ2) is 9.62. The van der Waals surface area contributed by atoms with Crippen LogP contribution in [-0.4, -0.2) is 35.1 Å². The van der Waals surface area contributed by atoms with Crippen LogP contribution in [0, 0.1) is 24.2 Å². The van der Waals surface area contributed by atoms with Crippen LogP contribution in [0.15, 0.2) is 65.2 Å². The van der Waals surface area contributed by atoms with Crippen LogP contribution >= 0.6 is 11.8 Å². The van der Waals surface area contributed by atoms with Crippen molar-refractivity contribution >= 4 is 29.3 Å². The SMILES string of the molecule is Cc1ccc(CC2S/C(=C(/C#N)C(=O)N3CCC(C)CC3)N(c3ccccc3)C2=O)cc1. The highest BCUT2D eigenvalue weighted by Crippen LogP contribution is 2.42. The first-order chi connectivity index (χ1) is 15.5. The van der Waals surface area contributed by atoms with Crippen molar-refractivity contribution in [2.45, 2.75) is 38.4 Å². The third-order valence-electron chi connectivity index (χ3n) is 6.12. The van der Waals surface area contributed by atoms with E-state index in [0.717, 1.165) is 18.4 Å². The van der Waals surface area contributed by atoms with Gasteiger partial charge in [0.15, 0.2) is 0 Å². The normalized spacial score (nSPS) is 20.9. The van der Waals surface area contributed by atoms with Gasteiger partial charge < -0.3 is 4.90 Å². The summed E-state index contributed by atoms with van der Waals surface area (Å²) < 4.78 is 0. The van der Waals surface area contributed by atoms with Gasteiger partial charge in [0.05, 0.1) is 5.25 Å². The van der Waals surface area contributed by atoms with Gasteiger partial charge in [-0.2, -0.15) is 5.26 Å². The minimum Gasteiger partial charge on any atom is -0.338 e. The Hall–Kier alpha value is -3.04. The Kier molecular flexibility index (Phi) is 6.66. The first-order valence-corrected chi connectivity index (χ1v) is 11.9. The summed E-state index contributed by atoms with van der Waals surface area (Å²) >= 11 is 1.33. The topological polar surface area (TPSA) is 64.4 Å². The van der Waals surface area contributed by atoms with Crippen molar-refractivity contribution in [2.24, 2.45) is 5.92 Å². The van der Waals surface area contributed by atoms with Crippen LogP contribution in [0.3, 0.4) is 0 Å². The second-order valence-corrected chi connectivity index (χ2v) is 9.76. The van der Waals surface area contributed by atoms with Crippen molar-refractivity contribution in [3.8, 4) is 6.07 Å². The predicted octanol–water partition coefficient (Wildman–Crippen LogP) is 4.68. The molecule has 0 aliphatic carbocycles. The molecule has 164 valence electrons. The van der Waals surface area contributed by atoms with Gasteiger partial charge in [-0.05, 0) is 49.8 Å². The molecule has 2 aliphatic heterocycles. The molecule has 0 radical (unpaired) electrons. The maximum Gasteiger partial charge on any atom is 0.267 e. The highest BCUT2D eigenvalue weighted by molar-refractivity contribution is 8.05. The summed E-state index contributed by atoms with van der Waals surface area (Å²) in [5, 5.41) is 10.1. The lowest BCUT2D eigenvalue weighted by molar-refractivity contribution is -0.128. The number of thioether (sulfide) groups is 1. The van der Waals surface area contributed by atoms with Crippen molar-refractivity contribution in [2.75, 3.05) is 18.0 Å². The lowest BCUT2D eigenvalue weighted by Crippen LogP contribution is -2.39. The molecule has 0 saturated carbocycles. The van der Waals surface area contributed by atoms with E-state index in [1.165, 1.54) is 17.3 Å². The van der Waals surface area contributed by atoms with Crippen molar-refractivity contribution in [3.63, 3.8) is 0 Å². The van der Waals surface area contributed by atoms with E-state index in [1.807, 2.05) is 61.5 Å². The van der Waals surface area contributed by atoms with E-state index in [-0.39, 0.29) is 22.6 Å². The standard InChI is InChI=1S/C26H27N3O2S/c1-18-8-10-20(11-9-18)16-23-25(31)29(21-6-4-3-5-7-21)26(32-23)22(17-27)24(30)28-14-12-19(2)13-15-28/h3-11,19,23H,12-16H2,1-2H3/b26-22-. The fourth-order valence-corrected chi connectivity index (χ4v) is 5.40. The molecule has 1 unspecified atom stereocenters. The number of hydrogen-bond acceptors (Lipinski definition) is 4. The fraction of sp³-hybridized carbons (Fsp3) is 0.346. The van der Waals surface area contributed by atoms with Gasteiger partial charge in [-0.3, -0.25) is 14.5 Å². The number of para-hydroxylation sites is 1. The lowest BCUT2D eigenvalue weighted by Gasteiger charge is -2.30. The van der Waals surface area contributed by atoms with Crippen molar-refractivity contribution in [3.05, 3.63) is 76.3 Å². The summed E-state index contributed by atoms with van der Waals surface area (Å²) in [6.45, 7) is 5.51. The number of rotatable bonds is 4. The third kappa shape index (κ3) is 4.58. The molecule has 6 heteroatoms. The number of piperidine rings is 1. The number of aryl methyl sites for hydroxylation is 1. The number of likely N-dealkylation sites (tertiary alicyclic amines) is 1. The molecule has 2 saturated heterocycles. The largest absolute Gasteiger partial charge is 0.338 e. The zero-order valence-electron chi connectivity index (χ0n) is 18.5. The third-order valence-corrected chi connectivity index (χ3v) is 7.38. The molecule has 0 aromatic heterocycles. The molecule has 0 spiro atoms. The quantitative estimate of drug-likeness (QED) is 0.506. The Morgan fingerprint density at radius 3 is 2.38 bits per heavy atom. The van der Waals surface area contributed by atoms with E-state index in [4.69, 9.17) is 0 Å². The number of nitrogens with zero attached hydrogens (tertiary/aromatic N) is 3. The number of amides is 2. The van der Waals surface area contributed by atoms with E-state index in [9.17, 15) is 14.9 Å². The fourth-order valence-electron chi connectivity index (χ4n) is 4.10. The number of nitriles is 1. The van der Waals surface area contributed by atoms with Gasteiger partial charge in [0, 0.05) is 18.8 Å². The molecule has 2 heterocycles. The van der Waals surface area contributed by atoms with Gasteiger partial charge in [0.1, 0.15) is 16.7 Å². The molecule has 5 nitrogen and oxygen atoms in total. The lowest BCUT2D eigenvalue weighted by atomic mass is 9.99. The molecular formula is C26H27N3O2S. The van der Waals surface area contributed by atoms with E-state index < -0.39 is 0 Å². The highest BCUT2D eigenvalue weighted by Gasteiger charge is 2.41. The molecule has 4 rings (SSSR count). The number of hydrogen-bond donors (Lipinski definition) is 0. The smallest absolute Gasteiger partial charge is 0.267 e. The zero-order chi connectivity index (χ0) is 22.7. The van der Waals surface area contributed by atoms with Crippen LogP contribution in [0.2, 0.25) is 0 Å². The molecule has 32 heavy (non-hydrogen) atoms. The summed E-state index contributed by atoms with van der Waals surface area (Å²) in [5.41, 5.74) is 2.97. The first kappa shape index (κ1) is 22.2. The van der Waals surface area contributed by atoms with E-state index >= 15 is 0 Å². The Morgan fingerprint density at radius 2 is 1.75 bits per heavy atom. The van der Waals surface area contributed by atoms with Crippen LogP contribution in [0.5, 0.6) is 0 Å². The Morgan fingerprint density at radius 1 is 1.09 bits per heavy atom. The van der Waals surface area contributed by atoms with Crippen LogP contribution in [0.25, 0.3) is 0 Å². The minimum atomic E-state index is -0.384. The molecule has 2 aromatic carbocycles. The molecule has 2 aromatic rings. The van der Waals surface area contributed by atoms with Crippen LogP contribution in [0.4, 0.5) is 5.69 Å². The molecule has 2 fully saturated rings. The molecule has 1 atom stereocenters. The Labute approximate surface area is 193 Å². The van der Waals surface area contributed by atoms with E-state index in [0.29, 0.717) is 36.1 Å². The van der Waals surface area contributed by atoms with Crippen LogP contribution in [-0.2, 0) is 16.0 Å². The Balaban J connectivity index is 1.69. The molecule has 0 bridgehead atoms. The van der Waals surface area contributed by atoms with Gasteiger partial charge in [-0.25, -0.2) is 0 Å². The summed E-state index contributed by atoms with van der Waals surface area (Å²) in [4.78, 5) is 30.1. The zero-order valence-corrected chi connectivity index (χ0v) is 19.3. The average Bonchev–Trinajstić information content (AvgIpc) is 3.12. The van der Waals surface area contributed by atoms with Crippen LogP contribution in [0.1, 0.15) is 30.9 Å². The monoisotopic (exact) mass is 445 g/mol. The predicted molar refractivity (Wildman–Crippen MR) is 128 cm³/mol. The maximum absolute atomic E-state index is 13.5. The molecule has 0 N–H and O–H groups in total. The number of anilines is 1. The van der Waals surface area contributed by atoms with E-state index in [1.54, 1.807) is 9.80 Å². The van der Waals surface area contributed by atoms with Gasteiger partial charge in [-0.15, -0.1) is 0 Å². The van der Waals surface area contributed by atoms with Gasteiger partial charge in [0.25, 0.3) is 5.91 Å². The summed E-state index contributed by atoms with van der Waals surface area (Å²) in [6.07, 6.45) is 2.42. The average molecular weight is 446 g/mol. The van der Waals surface area contributed by atoms with Gasteiger partial charge in [0.2, 0.25) is 5.91 Å². The number of carbonyl (C=O) groups excluding carboxylic acids is 2. The van der Waals surface area contributed by atoms with Crippen LogP contribution < -0.4 is 4.90 Å². The summed E-state index contributed by atoms with van der Waals surface area (Å²) in [6, 6.07) is 19.6. The van der Waals surface area contributed by atoms with Crippen molar-refractivity contribution in [1.82, 2.24) is 4.90 Å². The highest BCUT2D eigenvalue weighted by atomic mass is 32.2. The van der Waals surface area contributed by atoms with Gasteiger partial charge >= 0.3 is 0 Å². The number of carbonyl (C=O) groups is 2. The Bertz CT molecular complexity index is 1060. The van der Waals surface area contributed by atoms with Gasteiger partial charge in [-0.1, -0.05) is 66.7 Å². The summed E-state index contributed by atoms with van der Waals surface area (Å²) in [7, 11) is 0. The second-order valence-electron chi connectivity index (χ2n) is 8.57. The molecular weight excluding hydrogens is 418 g/mol. The molecule has 2 amide bonds. The summed E-state index contributed by atoms with van der Waals surface area (Å²) in [5.74, 6) is 0.218. The maximum atomic E-state index is 13.5. The van der Waals surface area contributed by atoms with Crippen molar-refractivity contribution in [1.29, 1.82) is 5.26 Å². The van der Waals surface area contributed by atoms with Crippen molar-refractivity contribution < 1.29 is 9.59 Å². The first-order valence-electron chi connectivity index (χ1n) is 11.0. The minimum absolute atomic E-state index is 0.0631. The number of benzene rings is 2. The van der Waals surface area contributed by atoms with E-state index in [2.05, 4.69) is 13.0 Å². The molecule has 2 aliphatic rings.